The van der Waals surface area contributed by atoms with Crippen LogP contribution in [0.3, 0.4) is 0 Å². The molecule has 0 aliphatic carbocycles. The smallest absolute Gasteiger partial charge is 0.181 e. The Hall–Kier alpha value is -1.55. The molecule has 66 valence electrons. The van der Waals surface area contributed by atoms with E-state index in [1.54, 1.807) is 6.07 Å². The number of rotatable bonds is 2. The van der Waals surface area contributed by atoms with Gasteiger partial charge in [0.2, 0.25) is 0 Å². The summed E-state index contributed by atoms with van der Waals surface area (Å²) in [6.45, 7) is 1.81. The first-order valence-electron chi connectivity index (χ1n) is 4.27. The minimum Gasteiger partial charge on any atom is -0.290 e. The van der Waals surface area contributed by atoms with E-state index in [1.165, 1.54) is 0 Å². The average Bonchev–Trinajstić information content (AvgIpc) is 2.26. The molecule has 0 aromatic heterocycles. The maximum absolute atomic E-state index is 11.4. The summed E-state index contributed by atoms with van der Waals surface area (Å²) < 4.78 is 0. The monoisotopic (exact) mass is 172 g/mol. The van der Waals surface area contributed by atoms with Crippen LogP contribution in [-0.4, -0.2) is 0 Å². The first-order chi connectivity index (χ1) is 6.24. The second kappa shape index (κ2) is 4.47. The van der Waals surface area contributed by atoms with E-state index in [2.05, 4.69) is 5.92 Å². The molecule has 0 aliphatic heterocycles. The van der Waals surface area contributed by atoms with Crippen LogP contribution in [0.25, 0.3) is 0 Å². The Labute approximate surface area is 78.4 Å². The predicted molar refractivity (Wildman–Crippen MR) is 54.6 cm³/mol. The quantitative estimate of drug-likeness (QED) is 0.623. The maximum Gasteiger partial charge on any atom is 0.181 e. The van der Waals surface area contributed by atoms with Crippen LogP contribution in [0, 0.1) is 19.3 Å². The van der Waals surface area contributed by atoms with Crippen molar-refractivity contribution in [2.24, 2.45) is 0 Å². The van der Waals surface area contributed by atoms with Crippen molar-refractivity contribution < 1.29 is 0 Å². The van der Waals surface area contributed by atoms with Crippen LogP contribution in [0.4, 0.5) is 0 Å². The van der Waals surface area contributed by atoms with Gasteiger partial charge in [-0.15, -0.1) is 12.3 Å². The number of terminal acetylenes is 1. The van der Waals surface area contributed by atoms with Crippen LogP contribution in [0.1, 0.15) is 17.5 Å². The summed E-state index contributed by atoms with van der Waals surface area (Å²) in [5.41, 5.74) is 1.86. The van der Waals surface area contributed by atoms with Gasteiger partial charge < -0.3 is 0 Å². The van der Waals surface area contributed by atoms with E-state index in [0.29, 0.717) is 6.42 Å². The van der Waals surface area contributed by atoms with Crippen molar-refractivity contribution in [2.45, 2.75) is 19.8 Å². The molecule has 0 spiro atoms. The lowest BCUT2D eigenvalue weighted by Gasteiger charge is -1.89. The Balaban J connectivity index is 3.01. The molecule has 0 fully saturated rings. The van der Waals surface area contributed by atoms with Crippen molar-refractivity contribution in [1.82, 2.24) is 0 Å². The maximum atomic E-state index is 11.4. The van der Waals surface area contributed by atoms with E-state index < -0.39 is 0 Å². The standard InChI is InChI=1S/C12H12O/c1-3-4-7-11-8-5-6-10(2)12(13)9-11/h1,5-6,8-9H,4,7H2,2H3. The number of aryl methyl sites for hydroxylation is 2. The van der Waals surface area contributed by atoms with Crippen LogP contribution >= 0.6 is 0 Å². The molecule has 0 atom stereocenters. The molecule has 1 aromatic carbocycles. The first kappa shape index (κ1) is 9.54. The molecule has 0 amide bonds. The van der Waals surface area contributed by atoms with Gasteiger partial charge in [0.05, 0.1) is 0 Å². The predicted octanol–water partition coefficient (Wildman–Crippen LogP) is 1.92. The lowest BCUT2D eigenvalue weighted by molar-refractivity contribution is 1.03. The molecule has 1 nitrogen and oxygen atoms in total. The molecule has 1 rings (SSSR count). The van der Waals surface area contributed by atoms with Crippen molar-refractivity contribution >= 4 is 0 Å². The third-order valence-corrected chi connectivity index (χ3v) is 1.92. The van der Waals surface area contributed by atoms with E-state index in [9.17, 15) is 4.79 Å². The molecule has 0 unspecified atom stereocenters. The molecule has 0 aliphatic rings. The first-order valence-corrected chi connectivity index (χ1v) is 4.27. The van der Waals surface area contributed by atoms with Gasteiger partial charge in [0.25, 0.3) is 0 Å². The zero-order chi connectivity index (χ0) is 9.68. The van der Waals surface area contributed by atoms with Crippen LogP contribution in [0.2, 0.25) is 0 Å². The highest BCUT2D eigenvalue weighted by Gasteiger charge is 1.93. The Morgan fingerprint density at radius 1 is 1.46 bits per heavy atom. The second-order valence-corrected chi connectivity index (χ2v) is 3.00. The minimum absolute atomic E-state index is 0.0806. The highest BCUT2D eigenvalue weighted by Crippen LogP contribution is 1.99. The lowest BCUT2D eigenvalue weighted by atomic mass is 10.1. The molecule has 0 radical (unpaired) electrons. The zero-order valence-electron chi connectivity index (χ0n) is 7.71. The molecule has 1 aromatic rings. The van der Waals surface area contributed by atoms with Gasteiger partial charge in [0.1, 0.15) is 0 Å². The number of hydrogen-bond donors (Lipinski definition) is 0. The average molecular weight is 172 g/mol. The molecular weight excluding hydrogens is 160 g/mol. The highest BCUT2D eigenvalue weighted by atomic mass is 16.1. The SMILES string of the molecule is C#CCCc1cccc(C)c(=O)c1. The summed E-state index contributed by atoms with van der Waals surface area (Å²) >= 11 is 0. The third kappa shape index (κ3) is 2.76. The van der Waals surface area contributed by atoms with Gasteiger partial charge in [-0.1, -0.05) is 18.2 Å². The van der Waals surface area contributed by atoms with Crippen molar-refractivity contribution in [3.8, 4) is 12.3 Å². The van der Waals surface area contributed by atoms with E-state index in [-0.39, 0.29) is 5.43 Å². The number of hydrogen-bond acceptors (Lipinski definition) is 1. The van der Waals surface area contributed by atoms with Crippen LogP contribution in [-0.2, 0) is 6.42 Å². The van der Waals surface area contributed by atoms with Gasteiger partial charge in [0.15, 0.2) is 5.43 Å². The van der Waals surface area contributed by atoms with Gasteiger partial charge in [-0.25, -0.2) is 0 Å². The topological polar surface area (TPSA) is 17.1 Å². The van der Waals surface area contributed by atoms with E-state index in [1.807, 2.05) is 25.1 Å². The molecule has 1 heteroatoms. The van der Waals surface area contributed by atoms with Gasteiger partial charge in [-0.2, -0.15) is 0 Å². The van der Waals surface area contributed by atoms with Gasteiger partial charge in [-0.05, 0) is 30.5 Å². The summed E-state index contributed by atoms with van der Waals surface area (Å²) in [7, 11) is 0. The Kier molecular flexibility index (Phi) is 3.28. The summed E-state index contributed by atoms with van der Waals surface area (Å²) in [5.74, 6) is 2.56. The van der Waals surface area contributed by atoms with Crippen molar-refractivity contribution in [2.75, 3.05) is 0 Å². The third-order valence-electron chi connectivity index (χ3n) is 1.92. The zero-order valence-corrected chi connectivity index (χ0v) is 7.71. The van der Waals surface area contributed by atoms with Crippen LogP contribution in [0.15, 0.2) is 29.1 Å². The van der Waals surface area contributed by atoms with Gasteiger partial charge >= 0.3 is 0 Å². The molecule has 0 saturated heterocycles. The molecule has 13 heavy (non-hydrogen) atoms. The van der Waals surface area contributed by atoms with Crippen molar-refractivity contribution in [3.05, 3.63) is 45.6 Å². The molecule has 0 N–H and O–H groups in total. The van der Waals surface area contributed by atoms with Gasteiger partial charge in [0, 0.05) is 6.42 Å². The summed E-state index contributed by atoms with van der Waals surface area (Å²) in [4.78, 5) is 11.4. The van der Waals surface area contributed by atoms with Crippen LogP contribution in [0.5, 0.6) is 0 Å². The fourth-order valence-electron chi connectivity index (χ4n) is 1.10. The van der Waals surface area contributed by atoms with E-state index in [0.717, 1.165) is 17.5 Å². The van der Waals surface area contributed by atoms with Crippen molar-refractivity contribution in [1.29, 1.82) is 0 Å². The molecule has 0 saturated carbocycles. The Morgan fingerprint density at radius 3 is 2.92 bits per heavy atom. The molecular formula is C12H12O. The van der Waals surface area contributed by atoms with E-state index in [4.69, 9.17) is 6.42 Å². The normalized spacial score (nSPS) is 9.23. The van der Waals surface area contributed by atoms with Gasteiger partial charge in [-0.3, -0.25) is 4.79 Å². The molecule has 0 bridgehead atoms. The Bertz CT molecular complexity index is 385. The second-order valence-electron chi connectivity index (χ2n) is 3.00. The lowest BCUT2D eigenvalue weighted by Crippen LogP contribution is -1.99. The summed E-state index contributed by atoms with van der Waals surface area (Å²) in [5, 5.41) is 0. The largest absolute Gasteiger partial charge is 0.290 e. The minimum atomic E-state index is 0.0806. The highest BCUT2D eigenvalue weighted by molar-refractivity contribution is 5.20. The van der Waals surface area contributed by atoms with Crippen molar-refractivity contribution in [3.63, 3.8) is 0 Å². The summed E-state index contributed by atoms with van der Waals surface area (Å²) in [6, 6.07) is 7.31. The Morgan fingerprint density at radius 2 is 2.23 bits per heavy atom. The summed E-state index contributed by atoms with van der Waals surface area (Å²) in [6.07, 6.45) is 6.61. The fourth-order valence-corrected chi connectivity index (χ4v) is 1.10. The van der Waals surface area contributed by atoms with Crippen LogP contribution < -0.4 is 5.43 Å². The molecule has 0 heterocycles. The van der Waals surface area contributed by atoms with E-state index >= 15 is 0 Å². The fraction of sp³-hybridized carbons (Fsp3) is 0.250.